The molecular weight excluding hydrogens is 192 g/mol. The van der Waals surface area contributed by atoms with Crippen LogP contribution in [0.1, 0.15) is 18.2 Å². The molecule has 1 aromatic rings. The van der Waals surface area contributed by atoms with Crippen LogP contribution < -0.4 is 11.1 Å². The molecular formula is C10H16N4O. The summed E-state index contributed by atoms with van der Waals surface area (Å²) < 4.78 is 5.32. The fourth-order valence-corrected chi connectivity index (χ4v) is 1.48. The van der Waals surface area contributed by atoms with E-state index in [9.17, 15) is 0 Å². The second-order valence-electron chi connectivity index (χ2n) is 3.75. The van der Waals surface area contributed by atoms with Gasteiger partial charge in [-0.3, -0.25) is 0 Å². The maximum atomic E-state index is 5.52. The number of fused-ring (bicyclic) bond motifs is 1. The number of rotatable bonds is 3. The standard InChI is InChI=1S/C10H16N4O/c1-7(4-11)13-10-12-5-8-6-15-3-2-9(8)14-10/h5,7H,2-4,6,11H2,1H3,(H,12,13,14). The van der Waals surface area contributed by atoms with E-state index in [1.807, 2.05) is 13.1 Å². The predicted octanol–water partition coefficient (Wildman–Crippen LogP) is 0.308. The van der Waals surface area contributed by atoms with Gasteiger partial charge in [-0.15, -0.1) is 0 Å². The molecule has 0 spiro atoms. The lowest BCUT2D eigenvalue weighted by atomic mass is 10.1. The Morgan fingerprint density at radius 3 is 3.33 bits per heavy atom. The number of ether oxygens (including phenoxy) is 1. The zero-order valence-electron chi connectivity index (χ0n) is 8.86. The minimum absolute atomic E-state index is 0.197. The summed E-state index contributed by atoms with van der Waals surface area (Å²) >= 11 is 0. The molecule has 1 aliphatic rings. The molecule has 0 fully saturated rings. The van der Waals surface area contributed by atoms with E-state index in [2.05, 4.69) is 15.3 Å². The van der Waals surface area contributed by atoms with Crippen molar-refractivity contribution in [1.29, 1.82) is 0 Å². The fraction of sp³-hybridized carbons (Fsp3) is 0.600. The van der Waals surface area contributed by atoms with E-state index >= 15 is 0 Å². The molecule has 0 saturated carbocycles. The first-order valence-corrected chi connectivity index (χ1v) is 5.18. The predicted molar refractivity (Wildman–Crippen MR) is 57.5 cm³/mol. The first-order valence-electron chi connectivity index (χ1n) is 5.18. The summed E-state index contributed by atoms with van der Waals surface area (Å²) in [4.78, 5) is 8.67. The van der Waals surface area contributed by atoms with E-state index in [0.717, 1.165) is 24.3 Å². The average molecular weight is 208 g/mol. The van der Waals surface area contributed by atoms with Crippen molar-refractivity contribution >= 4 is 5.95 Å². The molecule has 1 atom stereocenters. The molecule has 2 rings (SSSR count). The lowest BCUT2D eigenvalue weighted by molar-refractivity contribution is 0.109. The van der Waals surface area contributed by atoms with Crippen molar-refractivity contribution < 1.29 is 4.74 Å². The molecule has 0 radical (unpaired) electrons. The lowest BCUT2D eigenvalue weighted by Crippen LogP contribution is -2.26. The molecule has 3 N–H and O–H groups in total. The third kappa shape index (κ3) is 2.43. The minimum atomic E-state index is 0.197. The molecule has 0 bridgehead atoms. The van der Waals surface area contributed by atoms with E-state index in [1.165, 1.54) is 0 Å². The second-order valence-corrected chi connectivity index (χ2v) is 3.75. The van der Waals surface area contributed by atoms with Crippen molar-refractivity contribution in [2.75, 3.05) is 18.5 Å². The molecule has 2 heterocycles. The molecule has 15 heavy (non-hydrogen) atoms. The van der Waals surface area contributed by atoms with Crippen LogP contribution in [-0.4, -0.2) is 29.2 Å². The molecule has 0 amide bonds. The summed E-state index contributed by atoms with van der Waals surface area (Å²) in [5.41, 5.74) is 7.70. The summed E-state index contributed by atoms with van der Waals surface area (Å²) in [6.45, 7) is 3.95. The Morgan fingerprint density at radius 2 is 2.53 bits per heavy atom. The summed E-state index contributed by atoms with van der Waals surface area (Å²) in [6, 6.07) is 0.197. The highest BCUT2D eigenvalue weighted by Gasteiger charge is 2.12. The van der Waals surface area contributed by atoms with E-state index in [0.29, 0.717) is 19.1 Å². The Labute approximate surface area is 89.1 Å². The topological polar surface area (TPSA) is 73.1 Å². The zero-order chi connectivity index (χ0) is 10.7. The van der Waals surface area contributed by atoms with Gasteiger partial charge in [-0.05, 0) is 6.92 Å². The van der Waals surface area contributed by atoms with Crippen molar-refractivity contribution in [2.24, 2.45) is 5.73 Å². The fourth-order valence-electron chi connectivity index (χ4n) is 1.48. The van der Waals surface area contributed by atoms with Gasteiger partial charge in [0.1, 0.15) is 0 Å². The van der Waals surface area contributed by atoms with Crippen molar-refractivity contribution in [2.45, 2.75) is 26.0 Å². The van der Waals surface area contributed by atoms with Crippen molar-refractivity contribution in [3.63, 3.8) is 0 Å². The van der Waals surface area contributed by atoms with Gasteiger partial charge >= 0.3 is 0 Å². The Bertz CT molecular complexity index is 342. The van der Waals surface area contributed by atoms with E-state index in [4.69, 9.17) is 10.5 Å². The molecule has 0 aromatic carbocycles. The third-order valence-electron chi connectivity index (χ3n) is 2.42. The highest BCUT2D eigenvalue weighted by molar-refractivity contribution is 5.31. The lowest BCUT2D eigenvalue weighted by Gasteiger charge is -2.17. The number of hydrogen-bond acceptors (Lipinski definition) is 5. The average Bonchev–Trinajstić information content (AvgIpc) is 2.29. The van der Waals surface area contributed by atoms with Gasteiger partial charge in [0.15, 0.2) is 0 Å². The molecule has 0 saturated heterocycles. The summed E-state index contributed by atoms with van der Waals surface area (Å²) in [6.07, 6.45) is 2.69. The van der Waals surface area contributed by atoms with Gasteiger partial charge in [0.25, 0.3) is 0 Å². The molecule has 82 valence electrons. The zero-order valence-corrected chi connectivity index (χ0v) is 8.86. The van der Waals surface area contributed by atoms with Crippen LogP contribution in [0.25, 0.3) is 0 Å². The highest BCUT2D eigenvalue weighted by atomic mass is 16.5. The number of nitrogens with two attached hydrogens (primary N) is 1. The number of nitrogens with zero attached hydrogens (tertiary/aromatic N) is 2. The normalized spacial score (nSPS) is 16.9. The Kier molecular flexibility index (Phi) is 3.13. The minimum Gasteiger partial charge on any atom is -0.376 e. The second kappa shape index (κ2) is 4.55. The maximum absolute atomic E-state index is 5.52. The first-order chi connectivity index (χ1) is 7.29. The van der Waals surface area contributed by atoms with Gasteiger partial charge in [0, 0.05) is 30.8 Å². The van der Waals surface area contributed by atoms with Gasteiger partial charge in [-0.2, -0.15) is 0 Å². The van der Waals surface area contributed by atoms with Crippen molar-refractivity contribution in [3.05, 3.63) is 17.5 Å². The SMILES string of the molecule is CC(CN)Nc1ncc2c(n1)CCOC2. The van der Waals surface area contributed by atoms with Crippen LogP contribution in [0.5, 0.6) is 0 Å². The number of hydrogen-bond donors (Lipinski definition) is 2. The van der Waals surface area contributed by atoms with Crippen LogP contribution in [0.15, 0.2) is 6.20 Å². The first kappa shape index (κ1) is 10.3. The van der Waals surface area contributed by atoms with E-state index in [-0.39, 0.29) is 6.04 Å². The molecule has 1 unspecified atom stereocenters. The van der Waals surface area contributed by atoms with Crippen LogP contribution in [0, 0.1) is 0 Å². The van der Waals surface area contributed by atoms with Crippen LogP contribution in [0.3, 0.4) is 0 Å². The third-order valence-corrected chi connectivity index (χ3v) is 2.42. The molecule has 5 heteroatoms. The van der Waals surface area contributed by atoms with Crippen molar-refractivity contribution in [3.8, 4) is 0 Å². The molecule has 5 nitrogen and oxygen atoms in total. The van der Waals surface area contributed by atoms with Crippen molar-refractivity contribution in [1.82, 2.24) is 9.97 Å². The smallest absolute Gasteiger partial charge is 0.223 e. The van der Waals surface area contributed by atoms with Gasteiger partial charge < -0.3 is 15.8 Å². The number of nitrogens with one attached hydrogen (secondary N) is 1. The highest BCUT2D eigenvalue weighted by Crippen LogP contribution is 2.15. The van der Waals surface area contributed by atoms with Gasteiger partial charge in [-0.1, -0.05) is 0 Å². The van der Waals surface area contributed by atoms with Gasteiger partial charge in [-0.25, -0.2) is 9.97 Å². The van der Waals surface area contributed by atoms with Crippen LogP contribution in [0.2, 0.25) is 0 Å². The molecule has 1 aliphatic heterocycles. The van der Waals surface area contributed by atoms with Crippen LogP contribution >= 0.6 is 0 Å². The Balaban J connectivity index is 2.13. The van der Waals surface area contributed by atoms with Gasteiger partial charge in [0.05, 0.1) is 18.9 Å². The Hall–Kier alpha value is -1.20. The Morgan fingerprint density at radius 1 is 1.67 bits per heavy atom. The summed E-state index contributed by atoms with van der Waals surface area (Å²) in [5.74, 6) is 0.661. The quantitative estimate of drug-likeness (QED) is 0.747. The van der Waals surface area contributed by atoms with Crippen LogP contribution in [0.4, 0.5) is 5.95 Å². The number of aromatic nitrogens is 2. The number of anilines is 1. The summed E-state index contributed by atoms with van der Waals surface area (Å²) in [7, 11) is 0. The van der Waals surface area contributed by atoms with Crippen LogP contribution in [-0.2, 0) is 17.8 Å². The van der Waals surface area contributed by atoms with E-state index in [1.54, 1.807) is 0 Å². The molecule has 0 aliphatic carbocycles. The molecule has 1 aromatic heterocycles. The maximum Gasteiger partial charge on any atom is 0.223 e. The largest absolute Gasteiger partial charge is 0.376 e. The monoisotopic (exact) mass is 208 g/mol. The van der Waals surface area contributed by atoms with E-state index < -0.39 is 0 Å². The summed E-state index contributed by atoms with van der Waals surface area (Å²) in [5, 5.41) is 3.15. The van der Waals surface area contributed by atoms with Gasteiger partial charge in [0.2, 0.25) is 5.95 Å².